The molecule has 0 saturated carbocycles. The minimum absolute atomic E-state index is 0.102. The van der Waals surface area contributed by atoms with E-state index in [-0.39, 0.29) is 18.2 Å². The number of nitrogens with one attached hydrogen (secondary N) is 2. The van der Waals surface area contributed by atoms with Crippen LogP contribution in [0.1, 0.15) is 22.3 Å². The quantitative estimate of drug-likeness (QED) is 0.791. The Morgan fingerprint density at radius 2 is 1.88 bits per heavy atom. The molecule has 134 valence electrons. The van der Waals surface area contributed by atoms with E-state index in [2.05, 4.69) is 15.4 Å². The van der Waals surface area contributed by atoms with Crippen molar-refractivity contribution in [2.45, 2.75) is 23.1 Å². The number of methoxy groups -OCH3 is 1. The van der Waals surface area contributed by atoms with Crippen molar-refractivity contribution in [3.63, 3.8) is 0 Å². The monoisotopic (exact) mass is 370 g/mol. The molecule has 2 aromatic rings. The zero-order valence-corrected chi connectivity index (χ0v) is 15.0. The molecule has 2 amide bonds. The van der Waals surface area contributed by atoms with Crippen LogP contribution >= 0.6 is 11.8 Å². The molecule has 0 bridgehead atoms. The largest absolute Gasteiger partial charge is 0.465 e. The molecule has 0 fully saturated rings. The van der Waals surface area contributed by atoms with Gasteiger partial charge in [0.2, 0.25) is 11.8 Å². The molecule has 26 heavy (non-hydrogen) atoms. The Balaban J connectivity index is 1.53. The molecule has 6 nitrogen and oxygen atoms in total. The number of amides is 2. The summed E-state index contributed by atoms with van der Waals surface area (Å²) in [6.45, 7) is 0.329. The first-order valence-corrected chi connectivity index (χ1v) is 8.95. The van der Waals surface area contributed by atoms with Gasteiger partial charge in [-0.2, -0.15) is 0 Å². The van der Waals surface area contributed by atoms with Gasteiger partial charge in [0.15, 0.2) is 0 Å². The van der Waals surface area contributed by atoms with Gasteiger partial charge in [-0.15, -0.1) is 11.8 Å². The zero-order valence-electron chi connectivity index (χ0n) is 14.2. The summed E-state index contributed by atoms with van der Waals surface area (Å²) in [5.74, 6) is -0.762. The van der Waals surface area contributed by atoms with E-state index in [0.717, 1.165) is 16.1 Å². The molecule has 1 aliphatic rings. The van der Waals surface area contributed by atoms with Gasteiger partial charge in [0, 0.05) is 17.9 Å². The standard InChI is InChI=1S/C19H18N2O4S/c1-25-19(24)13-8-6-12(7-9-13)11-20-17(22)10-16-18(23)21-14-4-2-3-5-15(14)26-16/h2-9,16H,10-11H2,1H3,(H,20,22)(H,21,23). The van der Waals surface area contributed by atoms with Crippen LogP contribution in [0.4, 0.5) is 5.69 Å². The van der Waals surface area contributed by atoms with Crippen LogP contribution in [0.2, 0.25) is 0 Å². The number of rotatable bonds is 5. The summed E-state index contributed by atoms with van der Waals surface area (Å²) in [7, 11) is 1.33. The number of benzene rings is 2. The highest BCUT2D eigenvalue weighted by Gasteiger charge is 2.28. The molecule has 1 unspecified atom stereocenters. The van der Waals surface area contributed by atoms with Crippen LogP contribution in [0.3, 0.4) is 0 Å². The van der Waals surface area contributed by atoms with Gasteiger partial charge >= 0.3 is 5.97 Å². The molecule has 0 aliphatic carbocycles. The van der Waals surface area contributed by atoms with Crippen molar-refractivity contribution >= 4 is 35.2 Å². The number of carbonyl (C=O) groups excluding carboxylic acids is 3. The van der Waals surface area contributed by atoms with E-state index in [1.54, 1.807) is 24.3 Å². The highest BCUT2D eigenvalue weighted by Crippen LogP contribution is 2.36. The van der Waals surface area contributed by atoms with Crippen LogP contribution in [-0.4, -0.2) is 30.1 Å². The summed E-state index contributed by atoms with van der Waals surface area (Å²) in [5.41, 5.74) is 2.10. The lowest BCUT2D eigenvalue weighted by molar-refractivity contribution is -0.124. The number of esters is 1. The Morgan fingerprint density at radius 1 is 1.15 bits per heavy atom. The van der Waals surface area contributed by atoms with Crippen molar-refractivity contribution in [1.82, 2.24) is 5.32 Å². The molecule has 1 atom stereocenters. The molecule has 0 spiro atoms. The van der Waals surface area contributed by atoms with Crippen molar-refractivity contribution in [2.75, 3.05) is 12.4 Å². The number of hydrogen-bond donors (Lipinski definition) is 2. The molecule has 3 rings (SSSR count). The average Bonchev–Trinajstić information content (AvgIpc) is 2.66. The first kappa shape index (κ1) is 18.0. The summed E-state index contributed by atoms with van der Waals surface area (Å²) in [6.07, 6.45) is 0.102. The molecule has 2 N–H and O–H groups in total. The maximum Gasteiger partial charge on any atom is 0.337 e. The van der Waals surface area contributed by atoms with Crippen molar-refractivity contribution in [1.29, 1.82) is 0 Å². The molecular weight excluding hydrogens is 352 g/mol. The van der Waals surface area contributed by atoms with Crippen molar-refractivity contribution in [3.8, 4) is 0 Å². The first-order chi connectivity index (χ1) is 12.6. The van der Waals surface area contributed by atoms with Crippen LogP contribution in [0.15, 0.2) is 53.4 Å². The molecule has 0 aromatic heterocycles. The summed E-state index contributed by atoms with van der Waals surface area (Å²) in [6, 6.07) is 14.3. The Bertz CT molecular complexity index is 836. The number of hydrogen-bond acceptors (Lipinski definition) is 5. The van der Waals surface area contributed by atoms with E-state index in [0.29, 0.717) is 12.1 Å². The van der Waals surface area contributed by atoms with E-state index in [1.165, 1.54) is 18.9 Å². The van der Waals surface area contributed by atoms with E-state index in [4.69, 9.17) is 0 Å². The van der Waals surface area contributed by atoms with Crippen LogP contribution < -0.4 is 10.6 Å². The normalized spacial score (nSPS) is 15.6. The molecule has 1 heterocycles. The predicted molar refractivity (Wildman–Crippen MR) is 99.0 cm³/mol. The first-order valence-electron chi connectivity index (χ1n) is 8.07. The minimum Gasteiger partial charge on any atom is -0.465 e. The Hall–Kier alpha value is -2.80. The molecule has 0 radical (unpaired) electrons. The highest BCUT2D eigenvalue weighted by molar-refractivity contribution is 8.01. The van der Waals surface area contributed by atoms with Gasteiger partial charge in [-0.3, -0.25) is 9.59 Å². The van der Waals surface area contributed by atoms with Gasteiger partial charge in [-0.05, 0) is 29.8 Å². The third-order valence-electron chi connectivity index (χ3n) is 3.94. The van der Waals surface area contributed by atoms with Crippen LogP contribution in [0, 0.1) is 0 Å². The number of thioether (sulfide) groups is 1. The summed E-state index contributed by atoms with van der Waals surface area (Å²) >= 11 is 1.40. The Morgan fingerprint density at radius 3 is 2.62 bits per heavy atom. The predicted octanol–water partition coefficient (Wildman–Crippen LogP) is 2.59. The van der Waals surface area contributed by atoms with Crippen LogP contribution in [-0.2, 0) is 20.9 Å². The number of anilines is 1. The van der Waals surface area contributed by atoms with Gasteiger partial charge in [0.1, 0.15) is 0 Å². The van der Waals surface area contributed by atoms with Crippen LogP contribution in [0.5, 0.6) is 0 Å². The fraction of sp³-hybridized carbons (Fsp3) is 0.211. The SMILES string of the molecule is COC(=O)c1ccc(CNC(=O)CC2Sc3ccccc3NC2=O)cc1. The minimum atomic E-state index is -0.452. The van der Waals surface area contributed by atoms with Crippen molar-refractivity contribution in [2.24, 2.45) is 0 Å². The highest BCUT2D eigenvalue weighted by atomic mass is 32.2. The topological polar surface area (TPSA) is 84.5 Å². The molecule has 1 aliphatic heterocycles. The fourth-order valence-electron chi connectivity index (χ4n) is 2.54. The van der Waals surface area contributed by atoms with E-state index < -0.39 is 11.2 Å². The second-order valence-corrected chi connectivity index (χ2v) is 7.01. The zero-order chi connectivity index (χ0) is 18.5. The van der Waals surface area contributed by atoms with Gasteiger partial charge in [0.25, 0.3) is 0 Å². The van der Waals surface area contributed by atoms with Crippen molar-refractivity contribution in [3.05, 3.63) is 59.7 Å². The number of ether oxygens (including phenoxy) is 1. The smallest absolute Gasteiger partial charge is 0.337 e. The summed E-state index contributed by atoms with van der Waals surface area (Å²) < 4.78 is 4.65. The van der Waals surface area contributed by atoms with Gasteiger partial charge in [-0.1, -0.05) is 24.3 Å². The number of carbonyl (C=O) groups is 3. The second-order valence-electron chi connectivity index (χ2n) is 5.76. The Kier molecular flexibility index (Phi) is 5.58. The second kappa shape index (κ2) is 8.05. The number of para-hydroxylation sites is 1. The lowest BCUT2D eigenvalue weighted by atomic mass is 10.1. The van der Waals surface area contributed by atoms with Gasteiger partial charge in [-0.25, -0.2) is 4.79 Å². The van der Waals surface area contributed by atoms with Crippen LogP contribution in [0.25, 0.3) is 0 Å². The number of fused-ring (bicyclic) bond motifs is 1. The molecule has 7 heteroatoms. The van der Waals surface area contributed by atoms with E-state index >= 15 is 0 Å². The van der Waals surface area contributed by atoms with Crippen molar-refractivity contribution < 1.29 is 19.1 Å². The lowest BCUT2D eigenvalue weighted by Crippen LogP contribution is -2.34. The third kappa shape index (κ3) is 4.23. The summed E-state index contributed by atoms with van der Waals surface area (Å²) in [4.78, 5) is 36.7. The van der Waals surface area contributed by atoms with E-state index in [9.17, 15) is 14.4 Å². The molecule has 2 aromatic carbocycles. The van der Waals surface area contributed by atoms with E-state index in [1.807, 2.05) is 24.3 Å². The fourth-order valence-corrected chi connectivity index (χ4v) is 3.66. The summed E-state index contributed by atoms with van der Waals surface area (Å²) in [5, 5.41) is 5.18. The molecule has 0 saturated heterocycles. The van der Waals surface area contributed by atoms with Gasteiger partial charge in [0.05, 0.1) is 23.6 Å². The Labute approximate surface area is 155 Å². The third-order valence-corrected chi connectivity index (χ3v) is 5.22. The average molecular weight is 370 g/mol. The molecular formula is C19H18N2O4S. The maximum absolute atomic E-state index is 12.2. The lowest BCUT2D eigenvalue weighted by Gasteiger charge is -2.23. The maximum atomic E-state index is 12.2. The van der Waals surface area contributed by atoms with Gasteiger partial charge < -0.3 is 15.4 Å².